The smallest absolute Gasteiger partial charge is 0.154 e. The number of aliphatic hydroxyl groups is 1. The summed E-state index contributed by atoms with van der Waals surface area (Å²) in [5, 5.41) is 12.8. The fourth-order valence-electron chi connectivity index (χ4n) is 2.36. The highest BCUT2D eigenvalue weighted by Gasteiger charge is 2.40. The maximum atomic E-state index is 11.3. The molecule has 0 aromatic carbocycles. The Morgan fingerprint density at radius 3 is 2.56 bits per heavy atom. The highest BCUT2D eigenvalue weighted by molar-refractivity contribution is 7.91. The van der Waals surface area contributed by atoms with Gasteiger partial charge < -0.3 is 15.2 Å². The van der Waals surface area contributed by atoms with E-state index < -0.39 is 15.9 Å². The summed E-state index contributed by atoms with van der Waals surface area (Å²) in [6.07, 6.45) is 1.38. The molecule has 0 radical (unpaired) electrons. The van der Waals surface area contributed by atoms with Crippen molar-refractivity contribution in [2.45, 2.75) is 44.1 Å². The lowest BCUT2D eigenvalue weighted by Crippen LogP contribution is -2.52. The van der Waals surface area contributed by atoms with Crippen LogP contribution in [0.1, 0.15) is 19.8 Å². The predicted molar refractivity (Wildman–Crippen MR) is 60.0 cm³/mol. The molecular weight excluding hydrogens is 230 g/mol. The van der Waals surface area contributed by atoms with Crippen LogP contribution in [0.4, 0.5) is 0 Å². The molecule has 5 nitrogen and oxygen atoms in total. The van der Waals surface area contributed by atoms with Crippen molar-refractivity contribution in [2.24, 2.45) is 0 Å². The summed E-state index contributed by atoms with van der Waals surface area (Å²) in [6, 6.07) is 0.00192. The van der Waals surface area contributed by atoms with Crippen molar-refractivity contribution in [3.8, 4) is 0 Å². The average molecular weight is 249 g/mol. The highest BCUT2D eigenvalue weighted by Crippen LogP contribution is 2.25. The maximum Gasteiger partial charge on any atom is 0.154 e. The van der Waals surface area contributed by atoms with Gasteiger partial charge in [0, 0.05) is 18.7 Å². The van der Waals surface area contributed by atoms with Crippen molar-refractivity contribution >= 4 is 9.84 Å². The summed E-state index contributed by atoms with van der Waals surface area (Å²) in [5.74, 6) is -0.0454. The molecule has 16 heavy (non-hydrogen) atoms. The predicted octanol–water partition coefficient (Wildman–Crippen LogP) is -0.699. The second-order valence-electron chi connectivity index (χ2n) is 4.66. The van der Waals surface area contributed by atoms with Crippen LogP contribution in [0, 0.1) is 0 Å². The Kier molecular flexibility index (Phi) is 3.53. The van der Waals surface area contributed by atoms with Crippen LogP contribution in [0.25, 0.3) is 0 Å². The van der Waals surface area contributed by atoms with Gasteiger partial charge in [0.25, 0.3) is 0 Å². The lowest BCUT2D eigenvalue weighted by Gasteiger charge is -2.37. The van der Waals surface area contributed by atoms with Crippen LogP contribution in [-0.4, -0.2) is 55.9 Å². The van der Waals surface area contributed by atoms with E-state index in [-0.39, 0.29) is 17.5 Å². The lowest BCUT2D eigenvalue weighted by atomic mass is 9.88. The Labute approximate surface area is 96.1 Å². The molecule has 0 aromatic heterocycles. The molecule has 1 heterocycles. The van der Waals surface area contributed by atoms with Gasteiger partial charge in [-0.2, -0.15) is 0 Å². The molecule has 2 atom stereocenters. The molecule has 0 aromatic rings. The van der Waals surface area contributed by atoms with Crippen LogP contribution in [0.2, 0.25) is 0 Å². The topological polar surface area (TPSA) is 75.6 Å². The fraction of sp³-hybridized carbons (Fsp3) is 1.00. The van der Waals surface area contributed by atoms with Gasteiger partial charge in [-0.3, -0.25) is 0 Å². The Morgan fingerprint density at radius 2 is 2.06 bits per heavy atom. The van der Waals surface area contributed by atoms with Crippen molar-refractivity contribution in [3.05, 3.63) is 0 Å². The van der Waals surface area contributed by atoms with E-state index in [2.05, 4.69) is 5.32 Å². The van der Waals surface area contributed by atoms with Crippen molar-refractivity contribution in [1.29, 1.82) is 0 Å². The van der Waals surface area contributed by atoms with E-state index in [4.69, 9.17) is 4.74 Å². The third kappa shape index (κ3) is 2.74. The molecule has 2 unspecified atom stereocenters. The summed E-state index contributed by atoms with van der Waals surface area (Å²) < 4.78 is 28.0. The molecule has 1 saturated heterocycles. The first-order valence-corrected chi connectivity index (χ1v) is 7.58. The highest BCUT2D eigenvalue weighted by atomic mass is 32.2. The van der Waals surface area contributed by atoms with Gasteiger partial charge >= 0.3 is 0 Å². The standard InChI is InChI=1S/C10H19NO4S/c1-2-15-8-3-7(4-8)11-9-5-16(13,14)6-10(9)12/h7-12H,2-6H2,1H3. The quantitative estimate of drug-likeness (QED) is 0.689. The van der Waals surface area contributed by atoms with Gasteiger partial charge in [0.05, 0.1) is 23.7 Å². The summed E-state index contributed by atoms with van der Waals surface area (Å²) in [6.45, 7) is 2.69. The maximum absolute atomic E-state index is 11.3. The van der Waals surface area contributed by atoms with Gasteiger partial charge in [-0.25, -0.2) is 8.42 Å². The average Bonchev–Trinajstić information content (AvgIpc) is 2.36. The van der Waals surface area contributed by atoms with E-state index in [0.717, 1.165) is 19.4 Å². The zero-order chi connectivity index (χ0) is 11.8. The number of sulfone groups is 1. The molecule has 94 valence electrons. The second-order valence-corrected chi connectivity index (χ2v) is 6.82. The van der Waals surface area contributed by atoms with Crippen LogP contribution < -0.4 is 5.32 Å². The third-order valence-electron chi connectivity index (χ3n) is 3.27. The molecule has 0 amide bonds. The van der Waals surface area contributed by atoms with Crippen molar-refractivity contribution in [3.63, 3.8) is 0 Å². The van der Waals surface area contributed by atoms with E-state index in [0.29, 0.717) is 12.1 Å². The molecule has 2 rings (SSSR count). The minimum absolute atomic E-state index is 0.0595. The summed E-state index contributed by atoms with van der Waals surface area (Å²) in [4.78, 5) is 0. The van der Waals surface area contributed by atoms with Gasteiger partial charge in [0.1, 0.15) is 0 Å². The van der Waals surface area contributed by atoms with E-state index >= 15 is 0 Å². The van der Waals surface area contributed by atoms with Gasteiger partial charge in [0.15, 0.2) is 9.84 Å². The van der Waals surface area contributed by atoms with Gasteiger partial charge in [-0.15, -0.1) is 0 Å². The minimum Gasteiger partial charge on any atom is -0.390 e. The van der Waals surface area contributed by atoms with E-state index in [9.17, 15) is 13.5 Å². The first kappa shape index (κ1) is 12.3. The first-order valence-electron chi connectivity index (χ1n) is 5.76. The monoisotopic (exact) mass is 249 g/mol. The molecule has 0 spiro atoms. The van der Waals surface area contributed by atoms with E-state index in [1.54, 1.807) is 0 Å². The zero-order valence-corrected chi connectivity index (χ0v) is 10.2. The van der Waals surface area contributed by atoms with Crippen LogP contribution >= 0.6 is 0 Å². The number of rotatable bonds is 4. The number of hydrogen-bond acceptors (Lipinski definition) is 5. The number of aliphatic hydroxyl groups excluding tert-OH is 1. The first-order chi connectivity index (χ1) is 7.50. The molecule has 2 N–H and O–H groups in total. The Hall–Kier alpha value is -0.170. The van der Waals surface area contributed by atoms with Crippen molar-refractivity contribution in [2.75, 3.05) is 18.1 Å². The zero-order valence-electron chi connectivity index (χ0n) is 9.43. The molecular formula is C10H19NO4S. The summed E-state index contributed by atoms with van der Waals surface area (Å²) in [7, 11) is -3.04. The molecule has 1 saturated carbocycles. The molecule has 0 bridgehead atoms. The molecule has 6 heteroatoms. The van der Waals surface area contributed by atoms with Crippen LogP contribution in [0.3, 0.4) is 0 Å². The number of nitrogens with one attached hydrogen (secondary N) is 1. The van der Waals surface area contributed by atoms with Crippen LogP contribution in [0.15, 0.2) is 0 Å². The summed E-state index contributed by atoms with van der Waals surface area (Å²) >= 11 is 0. The van der Waals surface area contributed by atoms with Crippen molar-refractivity contribution in [1.82, 2.24) is 5.32 Å². The van der Waals surface area contributed by atoms with E-state index in [1.807, 2.05) is 6.92 Å². The SMILES string of the molecule is CCOC1CC(NC2CS(=O)(=O)CC2O)C1. The molecule has 1 aliphatic carbocycles. The largest absolute Gasteiger partial charge is 0.390 e. The van der Waals surface area contributed by atoms with Gasteiger partial charge in [-0.1, -0.05) is 0 Å². The normalized spacial score (nSPS) is 41.9. The molecule has 2 aliphatic rings. The molecule has 2 fully saturated rings. The van der Waals surface area contributed by atoms with Crippen molar-refractivity contribution < 1.29 is 18.3 Å². The fourth-order valence-corrected chi connectivity index (χ4v) is 4.12. The lowest BCUT2D eigenvalue weighted by molar-refractivity contribution is -0.0152. The van der Waals surface area contributed by atoms with Gasteiger partial charge in [0.2, 0.25) is 0 Å². The van der Waals surface area contributed by atoms with Crippen LogP contribution in [-0.2, 0) is 14.6 Å². The van der Waals surface area contributed by atoms with E-state index in [1.165, 1.54) is 0 Å². The summed E-state index contributed by atoms with van der Waals surface area (Å²) in [5.41, 5.74) is 0. The molecule has 1 aliphatic heterocycles. The minimum atomic E-state index is -3.04. The number of hydrogen-bond donors (Lipinski definition) is 2. The van der Waals surface area contributed by atoms with Crippen LogP contribution in [0.5, 0.6) is 0 Å². The Balaban J connectivity index is 1.76. The van der Waals surface area contributed by atoms with Gasteiger partial charge in [-0.05, 0) is 19.8 Å². The third-order valence-corrected chi connectivity index (χ3v) is 4.99. The number of ether oxygens (including phenoxy) is 1. The second kappa shape index (κ2) is 4.60. The Morgan fingerprint density at radius 1 is 1.38 bits per heavy atom. The Bertz CT molecular complexity index is 337.